The number of ether oxygens (including phenoxy) is 4. The zero-order chi connectivity index (χ0) is 24.5. The van der Waals surface area contributed by atoms with Gasteiger partial charge in [-0.15, -0.1) is 0 Å². The van der Waals surface area contributed by atoms with Crippen molar-refractivity contribution in [1.82, 2.24) is 4.90 Å². The second-order valence-corrected chi connectivity index (χ2v) is 10.7. The fourth-order valence-corrected chi connectivity index (χ4v) is 8.84. The van der Waals surface area contributed by atoms with E-state index in [1.807, 2.05) is 0 Å². The van der Waals surface area contributed by atoms with Crippen molar-refractivity contribution >= 4 is 41.0 Å². The molecule has 4 aliphatic heterocycles. The van der Waals surface area contributed by atoms with Gasteiger partial charge in [-0.05, 0) is 42.7 Å². The maximum absolute atomic E-state index is 14.0. The molecule has 1 aromatic carbocycles. The fourth-order valence-electron chi connectivity index (χ4n) is 8.59. The Kier molecular flexibility index (Phi) is 3.89. The number of nitrogens with zero attached hydrogens (tertiary/aromatic N) is 2. The fraction of sp³-hybridized carbons (Fsp3) is 0.583. The molecule has 2 saturated carbocycles. The van der Waals surface area contributed by atoms with Crippen LogP contribution in [0.15, 0.2) is 6.07 Å². The Hall–Kier alpha value is -3.01. The molecular weight excluding hydrogens is 480 g/mol. The number of esters is 1. The van der Waals surface area contributed by atoms with E-state index in [2.05, 4.69) is 0 Å². The molecule has 4 bridgehead atoms. The van der Waals surface area contributed by atoms with Crippen molar-refractivity contribution in [3.05, 3.63) is 16.7 Å². The minimum atomic E-state index is -1.70. The maximum Gasteiger partial charge on any atom is 0.415 e. The molecule has 5 atom stereocenters. The molecule has 0 radical (unpaired) electrons. The lowest BCUT2D eigenvalue weighted by atomic mass is 9.41. The summed E-state index contributed by atoms with van der Waals surface area (Å²) in [5, 5.41) is 0.223. The van der Waals surface area contributed by atoms with Crippen molar-refractivity contribution < 1.29 is 38.1 Å². The van der Waals surface area contributed by atoms with E-state index in [4.69, 9.17) is 30.5 Å². The van der Waals surface area contributed by atoms with Crippen molar-refractivity contribution in [2.24, 2.45) is 11.3 Å². The molecule has 184 valence electrons. The number of anilines is 1. The summed E-state index contributed by atoms with van der Waals surface area (Å²) in [5.74, 6) is -1.92. The third kappa shape index (κ3) is 1.97. The average molecular weight is 503 g/mol. The highest BCUT2D eigenvalue weighted by Gasteiger charge is 2.87. The van der Waals surface area contributed by atoms with Gasteiger partial charge in [0.25, 0.3) is 0 Å². The van der Waals surface area contributed by atoms with Gasteiger partial charge in [0, 0.05) is 13.0 Å². The van der Waals surface area contributed by atoms with Crippen LogP contribution in [-0.4, -0.2) is 67.8 Å². The Bertz CT molecular complexity index is 1270. The van der Waals surface area contributed by atoms with E-state index in [1.54, 1.807) is 11.0 Å². The second kappa shape index (κ2) is 6.40. The van der Waals surface area contributed by atoms with Crippen molar-refractivity contribution in [2.75, 3.05) is 32.5 Å². The van der Waals surface area contributed by atoms with Crippen LogP contribution >= 0.6 is 11.6 Å². The minimum Gasteiger partial charge on any atom is -0.467 e. The minimum absolute atomic E-state index is 0.125. The number of ketones is 1. The number of amides is 2. The van der Waals surface area contributed by atoms with E-state index in [-0.39, 0.29) is 53.5 Å². The number of hydrogen-bond donors (Lipinski definition) is 0. The standard InChI is InChI=1S/C24H23ClN2O8/c1-32-20(30)23-6-5-22-4-3-7-26-18(29)14(13(28)9-22)24(23,19(22)26)11-8-12(25)16-17(35-10-34-16)15(11)27(23)21(31)33-2/h8,14,19H,3-7,9-10H2,1-2H3/t14-,19-,22+,23+,24-/m0/s1. The van der Waals surface area contributed by atoms with Crippen LogP contribution in [0.2, 0.25) is 5.02 Å². The lowest BCUT2D eigenvalue weighted by molar-refractivity contribution is -0.166. The number of piperidine rings is 1. The van der Waals surface area contributed by atoms with Crippen LogP contribution in [0.1, 0.15) is 37.7 Å². The third-order valence-corrected chi connectivity index (χ3v) is 9.68. The Morgan fingerprint density at radius 1 is 1.11 bits per heavy atom. The monoisotopic (exact) mass is 502 g/mol. The average Bonchev–Trinajstić information content (AvgIpc) is 3.50. The Morgan fingerprint density at radius 2 is 1.89 bits per heavy atom. The molecule has 11 heteroatoms. The van der Waals surface area contributed by atoms with Gasteiger partial charge in [0.05, 0.1) is 36.4 Å². The summed E-state index contributed by atoms with van der Waals surface area (Å²) in [6, 6.07) is 1.16. The van der Waals surface area contributed by atoms with Gasteiger partial charge in [-0.2, -0.15) is 0 Å². The number of halogens is 1. The summed E-state index contributed by atoms with van der Waals surface area (Å²) in [7, 11) is 2.47. The summed E-state index contributed by atoms with van der Waals surface area (Å²) >= 11 is 6.65. The highest BCUT2D eigenvalue weighted by molar-refractivity contribution is 6.33. The number of benzene rings is 1. The molecule has 4 fully saturated rings. The first-order valence-electron chi connectivity index (χ1n) is 11.7. The number of Topliss-reactive ketones (excluding diaryl/α,β-unsaturated/α-hetero) is 1. The van der Waals surface area contributed by atoms with Crippen molar-refractivity contribution in [2.45, 2.75) is 49.1 Å². The number of carbonyl (C=O) groups is 4. The molecular formula is C24H23ClN2O8. The predicted molar refractivity (Wildman–Crippen MR) is 118 cm³/mol. The van der Waals surface area contributed by atoms with E-state index < -0.39 is 40.4 Å². The molecule has 10 nitrogen and oxygen atoms in total. The summed E-state index contributed by atoms with van der Waals surface area (Å²) < 4.78 is 21.9. The largest absolute Gasteiger partial charge is 0.467 e. The first-order valence-corrected chi connectivity index (χ1v) is 12.1. The highest BCUT2D eigenvalue weighted by atomic mass is 35.5. The van der Waals surface area contributed by atoms with Crippen LogP contribution in [0.4, 0.5) is 10.5 Å². The van der Waals surface area contributed by atoms with Crippen molar-refractivity contribution in [3.63, 3.8) is 0 Å². The highest BCUT2D eigenvalue weighted by Crippen LogP contribution is 2.76. The first-order chi connectivity index (χ1) is 16.8. The van der Waals surface area contributed by atoms with Gasteiger partial charge in [-0.25, -0.2) is 9.59 Å². The Balaban J connectivity index is 1.67. The molecule has 7 rings (SSSR count). The van der Waals surface area contributed by atoms with Crippen LogP contribution in [0.5, 0.6) is 11.5 Å². The summed E-state index contributed by atoms with van der Waals surface area (Å²) in [6.07, 6.45) is 1.68. The summed E-state index contributed by atoms with van der Waals surface area (Å²) in [5.41, 5.74) is -2.86. The van der Waals surface area contributed by atoms with Gasteiger partial charge in [0.2, 0.25) is 12.7 Å². The van der Waals surface area contributed by atoms with Crippen LogP contribution in [0.25, 0.3) is 0 Å². The molecule has 0 N–H and O–H groups in total. The molecule has 2 aliphatic carbocycles. The third-order valence-electron chi connectivity index (χ3n) is 9.40. The molecule has 4 heterocycles. The van der Waals surface area contributed by atoms with E-state index in [9.17, 15) is 19.2 Å². The van der Waals surface area contributed by atoms with Crippen LogP contribution in [0, 0.1) is 11.3 Å². The number of rotatable bonds is 1. The molecule has 35 heavy (non-hydrogen) atoms. The van der Waals surface area contributed by atoms with Gasteiger partial charge in [-0.3, -0.25) is 14.5 Å². The summed E-state index contributed by atoms with van der Waals surface area (Å²) in [6.45, 7) is 0.361. The van der Waals surface area contributed by atoms with E-state index in [0.29, 0.717) is 18.5 Å². The number of carbonyl (C=O) groups excluding carboxylic acids is 4. The lowest BCUT2D eigenvalue weighted by Gasteiger charge is -2.63. The van der Waals surface area contributed by atoms with E-state index >= 15 is 0 Å². The van der Waals surface area contributed by atoms with Crippen LogP contribution < -0.4 is 14.4 Å². The first kappa shape index (κ1) is 21.3. The molecule has 0 unspecified atom stereocenters. The zero-order valence-corrected chi connectivity index (χ0v) is 20.0. The van der Waals surface area contributed by atoms with Gasteiger partial charge >= 0.3 is 12.1 Å². The summed E-state index contributed by atoms with van der Waals surface area (Å²) in [4.78, 5) is 58.3. The Labute approximate surface area is 205 Å². The van der Waals surface area contributed by atoms with Crippen molar-refractivity contribution in [1.29, 1.82) is 0 Å². The van der Waals surface area contributed by atoms with Gasteiger partial charge in [0.15, 0.2) is 17.0 Å². The topological polar surface area (TPSA) is 112 Å². The quantitative estimate of drug-likeness (QED) is 0.424. The Morgan fingerprint density at radius 3 is 2.63 bits per heavy atom. The SMILES string of the molecule is COC(=O)N1c2c(cc(Cl)c3c2OCO3)[C@]23[C@H]4C(=O)C[C@@]5(CCCN(C4=O)[C@@H]52)CC[C@]13C(=O)OC. The normalized spacial score (nSPS) is 37.2. The number of methoxy groups -OCH3 is 2. The molecule has 6 aliphatic rings. The van der Waals surface area contributed by atoms with Gasteiger partial charge in [-0.1, -0.05) is 11.6 Å². The molecule has 1 spiro atoms. The lowest BCUT2D eigenvalue weighted by Crippen LogP contribution is -2.78. The smallest absolute Gasteiger partial charge is 0.415 e. The van der Waals surface area contributed by atoms with E-state index in [1.165, 1.54) is 19.1 Å². The van der Waals surface area contributed by atoms with Gasteiger partial charge < -0.3 is 23.8 Å². The molecule has 1 aromatic rings. The van der Waals surface area contributed by atoms with E-state index in [0.717, 1.165) is 12.8 Å². The van der Waals surface area contributed by atoms with Crippen LogP contribution in [0.3, 0.4) is 0 Å². The van der Waals surface area contributed by atoms with Crippen LogP contribution in [-0.2, 0) is 29.3 Å². The zero-order valence-electron chi connectivity index (χ0n) is 19.2. The maximum atomic E-state index is 14.0. The predicted octanol–water partition coefficient (Wildman–Crippen LogP) is 2.18. The molecule has 0 aromatic heterocycles. The van der Waals surface area contributed by atoms with Gasteiger partial charge in [0.1, 0.15) is 11.7 Å². The molecule has 2 saturated heterocycles. The molecule has 2 amide bonds. The number of hydrogen-bond acceptors (Lipinski definition) is 8. The second-order valence-electron chi connectivity index (χ2n) is 10.3. The number of fused-ring (bicyclic) bond motifs is 3. The van der Waals surface area contributed by atoms with Crippen molar-refractivity contribution in [3.8, 4) is 11.5 Å².